The smallest absolute Gasteiger partial charge is 0.348 e. The molecule has 1 aliphatic carbocycles. The molecule has 1 heterocycles. The third-order valence-corrected chi connectivity index (χ3v) is 2.69. The summed E-state index contributed by atoms with van der Waals surface area (Å²) in [5.41, 5.74) is 0. The number of thiophene rings is 1. The third-order valence-electron chi connectivity index (χ3n) is 1.72. The average Bonchev–Trinajstić information content (AvgIpc) is 2.82. The summed E-state index contributed by atoms with van der Waals surface area (Å²) in [4.78, 5) is 12.4. The lowest BCUT2D eigenvalue weighted by Crippen LogP contribution is -2.03. The van der Waals surface area contributed by atoms with Crippen LogP contribution in [0.5, 0.6) is 0 Å². The van der Waals surface area contributed by atoms with Gasteiger partial charge in [0.25, 0.3) is 0 Å². The van der Waals surface area contributed by atoms with E-state index in [2.05, 4.69) is 0 Å². The molecule has 3 nitrogen and oxygen atoms in total. The number of carbonyl (C=O) groups is 1. The van der Waals surface area contributed by atoms with Crippen LogP contribution in [0.25, 0.3) is 0 Å². The summed E-state index contributed by atoms with van der Waals surface area (Å²) in [5, 5.41) is 8.54. The highest BCUT2D eigenvalue weighted by molar-refractivity contribution is 7.14. The van der Waals surface area contributed by atoms with Crippen LogP contribution >= 0.6 is 11.3 Å². The molecular formula is C9H7NO2S. The Bertz CT molecular complexity index is 373. The van der Waals surface area contributed by atoms with E-state index in [0.29, 0.717) is 9.75 Å². The van der Waals surface area contributed by atoms with Gasteiger partial charge in [-0.3, -0.25) is 0 Å². The molecule has 0 aliphatic heterocycles. The molecule has 4 heteroatoms. The van der Waals surface area contributed by atoms with Gasteiger partial charge < -0.3 is 4.74 Å². The molecule has 0 unspecified atom stereocenters. The topological polar surface area (TPSA) is 50.1 Å². The summed E-state index contributed by atoms with van der Waals surface area (Å²) < 4.78 is 5.07. The molecule has 0 N–H and O–H groups in total. The number of hydrogen-bond acceptors (Lipinski definition) is 4. The van der Waals surface area contributed by atoms with Crippen molar-refractivity contribution in [3.63, 3.8) is 0 Å². The molecule has 0 amide bonds. The van der Waals surface area contributed by atoms with Gasteiger partial charge in [0.15, 0.2) is 0 Å². The SMILES string of the molecule is N#Cc1ccc(C(=O)OC2CC2)s1. The van der Waals surface area contributed by atoms with Crippen LogP contribution in [-0.2, 0) is 4.74 Å². The van der Waals surface area contributed by atoms with E-state index in [1.165, 1.54) is 11.3 Å². The van der Waals surface area contributed by atoms with Crippen molar-refractivity contribution < 1.29 is 9.53 Å². The number of hydrogen-bond donors (Lipinski definition) is 0. The van der Waals surface area contributed by atoms with Gasteiger partial charge in [-0.25, -0.2) is 4.79 Å². The van der Waals surface area contributed by atoms with E-state index >= 15 is 0 Å². The molecule has 1 aliphatic rings. The quantitative estimate of drug-likeness (QED) is 0.674. The Balaban J connectivity index is 2.06. The van der Waals surface area contributed by atoms with Crippen molar-refractivity contribution in [2.45, 2.75) is 18.9 Å². The summed E-state index contributed by atoms with van der Waals surface area (Å²) in [7, 11) is 0. The zero-order chi connectivity index (χ0) is 9.26. The Kier molecular flexibility index (Phi) is 2.03. The highest BCUT2D eigenvalue weighted by Gasteiger charge is 2.27. The highest BCUT2D eigenvalue weighted by atomic mass is 32.1. The van der Waals surface area contributed by atoms with Crippen LogP contribution in [-0.4, -0.2) is 12.1 Å². The maximum atomic E-state index is 11.3. The van der Waals surface area contributed by atoms with Gasteiger partial charge in [-0.15, -0.1) is 11.3 Å². The molecule has 0 radical (unpaired) electrons. The third kappa shape index (κ3) is 1.87. The van der Waals surface area contributed by atoms with E-state index in [0.717, 1.165) is 12.8 Å². The highest BCUT2D eigenvalue weighted by Crippen LogP contribution is 2.26. The van der Waals surface area contributed by atoms with Gasteiger partial charge in [0.2, 0.25) is 0 Å². The predicted molar refractivity (Wildman–Crippen MR) is 47.5 cm³/mol. The van der Waals surface area contributed by atoms with Gasteiger partial charge in [0.05, 0.1) is 0 Å². The van der Waals surface area contributed by atoms with Crippen molar-refractivity contribution in [1.29, 1.82) is 5.26 Å². The number of nitrogens with zero attached hydrogens (tertiary/aromatic N) is 1. The van der Waals surface area contributed by atoms with Crippen molar-refractivity contribution in [3.05, 3.63) is 21.9 Å². The monoisotopic (exact) mass is 193 g/mol. The van der Waals surface area contributed by atoms with Crippen molar-refractivity contribution in [2.75, 3.05) is 0 Å². The lowest BCUT2D eigenvalue weighted by molar-refractivity contribution is 0.0478. The fourth-order valence-corrected chi connectivity index (χ4v) is 1.59. The van der Waals surface area contributed by atoms with Gasteiger partial charge in [-0.1, -0.05) is 0 Å². The fourth-order valence-electron chi connectivity index (χ4n) is 0.903. The second kappa shape index (κ2) is 3.19. The normalized spacial score (nSPS) is 15.0. The number of esters is 1. The standard InChI is InChI=1S/C9H7NO2S/c10-5-7-3-4-8(13-7)9(11)12-6-1-2-6/h3-4,6H,1-2H2. The van der Waals surface area contributed by atoms with Crippen LogP contribution in [0.1, 0.15) is 27.4 Å². The first kappa shape index (κ1) is 8.27. The van der Waals surface area contributed by atoms with Crippen molar-refractivity contribution in [2.24, 2.45) is 0 Å². The number of carbonyl (C=O) groups excluding carboxylic acids is 1. The number of nitriles is 1. The lowest BCUT2D eigenvalue weighted by Gasteiger charge is -1.97. The van der Waals surface area contributed by atoms with Gasteiger partial charge in [0.1, 0.15) is 21.9 Å². The van der Waals surface area contributed by atoms with E-state index in [1.54, 1.807) is 12.1 Å². The Hall–Kier alpha value is -1.34. The van der Waals surface area contributed by atoms with E-state index in [9.17, 15) is 4.79 Å². The molecule has 1 aromatic rings. The summed E-state index contributed by atoms with van der Waals surface area (Å²) in [6.45, 7) is 0. The predicted octanol–water partition coefficient (Wildman–Crippen LogP) is 1.94. The molecule has 2 rings (SSSR count). The molecule has 13 heavy (non-hydrogen) atoms. The summed E-state index contributed by atoms with van der Waals surface area (Å²) in [5.74, 6) is -0.297. The molecule has 0 spiro atoms. The Labute approximate surface area is 79.6 Å². The van der Waals surface area contributed by atoms with Crippen molar-refractivity contribution >= 4 is 17.3 Å². The molecule has 66 valence electrons. The molecule has 1 fully saturated rings. The summed E-state index contributed by atoms with van der Waals surface area (Å²) in [6.07, 6.45) is 2.07. The van der Waals surface area contributed by atoms with Crippen LogP contribution < -0.4 is 0 Å². The lowest BCUT2D eigenvalue weighted by atomic mass is 10.4. The van der Waals surface area contributed by atoms with Gasteiger partial charge in [0, 0.05) is 0 Å². The van der Waals surface area contributed by atoms with Crippen LogP contribution in [0.2, 0.25) is 0 Å². The average molecular weight is 193 g/mol. The molecule has 0 aromatic carbocycles. The van der Waals surface area contributed by atoms with Crippen molar-refractivity contribution in [1.82, 2.24) is 0 Å². The molecule has 1 saturated carbocycles. The second-order valence-corrected chi connectivity index (χ2v) is 3.96. The largest absolute Gasteiger partial charge is 0.458 e. The van der Waals surface area contributed by atoms with Gasteiger partial charge in [-0.2, -0.15) is 5.26 Å². The number of ether oxygens (including phenoxy) is 1. The zero-order valence-corrected chi connectivity index (χ0v) is 7.63. The van der Waals surface area contributed by atoms with E-state index in [1.807, 2.05) is 6.07 Å². The minimum Gasteiger partial charge on any atom is -0.458 e. The molecular weight excluding hydrogens is 186 g/mol. The van der Waals surface area contributed by atoms with E-state index < -0.39 is 0 Å². The second-order valence-electron chi connectivity index (χ2n) is 2.88. The van der Waals surface area contributed by atoms with E-state index in [-0.39, 0.29) is 12.1 Å². The Morgan fingerprint density at radius 2 is 2.38 bits per heavy atom. The molecule has 0 saturated heterocycles. The Morgan fingerprint density at radius 1 is 1.62 bits per heavy atom. The first-order chi connectivity index (χ1) is 6.29. The first-order valence-electron chi connectivity index (χ1n) is 4.00. The van der Waals surface area contributed by atoms with Crippen LogP contribution in [0.4, 0.5) is 0 Å². The molecule has 0 bridgehead atoms. The molecule has 0 atom stereocenters. The van der Waals surface area contributed by atoms with Gasteiger partial charge >= 0.3 is 5.97 Å². The summed E-state index contributed by atoms with van der Waals surface area (Å²) >= 11 is 1.18. The van der Waals surface area contributed by atoms with Gasteiger partial charge in [-0.05, 0) is 25.0 Å². The zero-order valence-electron chi connectivity index (χ0n) is 6.82. The Morgan fingerprint density at radius 3 is 2.92 bits per heavy atom. The van der Waals surface area contributed by atoms with Crippen LogP contribution in [0.3, 0.4) is 0 Å². The maximum Gasteiger partial charge on any atom is 0.348 e. The summed E-state index contributed by atoms with van der Waals surface area (Å²) in [6, 6.07) is 5.25. The number of rotatable bonds is 2. The van der Waals surface area contributed by atoms with E-state index in [4.69, 9.17) is 10.00 Å². The molecule has 1 aromatic heterocycles. The maximum absolute atomic E-state index is 11.3. The van der Waals surface area contributed by atoms with Crippen LogP contribution in [0, 0.1) is 11.3 Å². The minimum absolute atomic E-state index is 0.125. The van der Waals surface area contributed by atoms with Crippen LogP contribution in [0.15, 0.2) is 12.1 Å². The van der Waals surface area contributed by atoms with Crippen molar-refractivity contribution in [3.8, 4) is 6.07 Å². The first-order valence-corrected chi connectivity index (χ1v) is 4.82. The fraction of sp³-hybridized carbons (Fsp3) is 0.333. The minimum atomic E-state index is -0.297.